The monoisotopic (exact) mass is 381 g/mol. The van der Waals surface area contributed by atoms with Gasteiger partial charge in [-0.3, -0.25) is 9.88 Å². The van der Waals surface area contributed by atoms with Crippen molar-refractivity contribution >= 4 is 27.4 Å². The minimum absolute atomic E-state index is 0.746. The van der Waals surface area contributed by atoms with Crippen LogP contribution in [0.15, 0.2) is 24.5 Å². The molecule has 0 radical (unpaired) electrons. The zero-order valence-corrected chi connectivity index (χ0v) is 16.1. The Labute approximate surface area is 162 Å². The molecule has 0 spiro atoms. The van der Waals surface area contributed by atoms with E-state index in [4.69, 9.17) is 14.7 Å². The number of hydrogen-bond donors (Lipinski definition) is 1. The second-order valence-electron chi connectivity index (χ2n) is 7.12. The van der Waals surface area contributed by atoms with Crippen LogP contribution in [0.2, 0.25) is 0 Å². The van der Waals surface area contributed by atoms with Crippen LogP contribution < -0.4 is 5.32 Å². The molecule has 1 fully saturated rings. The standard InChI is InChI=1S/C20H23N5OS/c1-2-15-16(3-1)27-20-18(15)19(22-12-14-4-6-21-7-5-14)23-17(24-20)13-25-8-10-26-11-9-25/h4-7H,1-3,8-13H2,(H,22,23,24). The van der Waals surface area contributed by atoms with E-state index in [2.05, 4.69) is 15.2 Å². The van der Waals surface area contributed by atoms with Gasteiger partial charge in [-0.2, -0.15) is 0 Å². The molecule has 2 aliphatic rings. The van der Waals surface area contributed by atoms with Gasteiger partial charge in [0.05, 0.1) is 25.1 Å². The first-order valence-electron chi connectivity index (χ1n) is 9.61. The molecule has 6 nitrogen and oxygen atoms in total. The number of anilines is 1. The molecule has 27 heavy (non-hydrogen) atoms. The van der Waals surface area contributed by atoms with Gasteiger partial charge in [0.2, 0.25) is 0 Å². The topological polar surface area (TPSA) is 63.2 Å². The number of nitrogens with zero attached hydrogens (tertiary/aromatic N) is 4. The lowest BCUT2D eigenvalue weighted by atomic mass is 10.2. The Morgan fingerprint density at radius 2 is 1.96 bits per heavy atom. The zero-order chi connectivity index (χ0) is 18.1. The fourth-order valence-corrected chi connectivity index (χ4v) is 5.16. The van der Waals surface area contributed by atoms with Crippen molar-refractivity contribution in [1.82, 2.24) is 19.9 Å². The van der Waals surface area contributed by atoms with E-state index >= 15 is 0 Å². The van der Waals surface area contributed by atoms with Crippen LogP contribution in [0.5, 0.6) is 0 Å². The maximum absolute atomic E-state index is 5.46. The Balaban J connectivity index is 1.47. The fraction of sp³-hybridized carbons (Fsp3) is 0.450. The Bertz CT molecular complexity index is 936. The van der Waals surface area contributed by atoms with Crippen LogP contribution in [0.4, 0.5) is 5.82 Å². The highest BCUT2D eigenvalue weighted by molar-refractivity contribution is 7.19. The number of rotatable bonds is 5. The molecule has 3 aromatic heterocycles. The number of morpholine rings is 1. The lowest BCUT2D eigenvalue weighted by Crippen LogP contribution is -2.36. The van der Waals surface area contributed by atoms with E-state index in [9.17, 15) is 0 Å². The SMILES string of the molecule is c1cc(CNc2nc(CN3CCOCC3)nc3sc4c(c23)CCC4)ccn1. The highest BCUT2D eigenvalue weighted by atomic mass is 32.1. The van der Waals surface area contributed by atoms with Crippen molar-refractivity contribution in [3.8, 4) is 0 Å². The van der Waals surface area contributed by atoms with Crippen molar-refractivity contribution in [2.24, 2.45) is 0 Å². The summed E-state index contributed by atoms with van der Waals surface area (Å²) in [4.78, 5) is 19.0. The van der Waals surface area contributed by atoms with Gasteiger partial charge in [-0.1, -0.05) is 0 Å². The summed E-state index contributed by atoms with van der Waals surface area (Å²) in [6, 6.07) is 4.08. The first-order valence-corrected chi connectivity index (χ1v) is 10.4. The molecule has 1 saturated heterocycles. The third kappa shape index (κ3) is 3.54. The molecule has 1 aliphatic carbocycles. The summed E-state index contributed by atoms with van der Waals surface area (Å²) in [6.45, 7) is 5.01. The number of pyridine rings is 1. The Kier molecular flexibility index (Phi) is 4.73. The second kappa shape index (κ2) is 7.50. The third-order valence-corrected chi connectivity index (χ3v) is 6.47. The molecule has 4 heterocycles. The van der Waals surface area contributed by atoms with Gasteiger partial charge in [0.25, 0.3) is 0 Å². The van der Waals surface area contributed by atoms with Crippen LogP contribution in [0, 0.1) is 0 Å². The van der Waals surface area contributed by atoms with Gasteiger partial charge in [-0.15, -0.1) is 11.3 Å². The first kappa shape index (κ1) is 17.0. The number of hydrogen-bond acceptors (Lipinski definition) is 7. The summed E-state index contributed by atoms with van der Waals surface area (Å²) in [6.07, 6.45) is 7.23. The van der Waals surface area contributed by atoms with Crippen molar-refractivity contribution in [3.63, 3.8) is 0 Å². The molecule has 1 N–H and O–H groups in total. The molecule has 0 aromatic carbocycles. The Hall–Kier alpha value is -2.09. The van der Waals surface area contributed by atoms with Crippen LogP contribution in [-0.4, -0.2) is 46.2 Å². The van der Waals surface area contributed by atoms with Gasteiger partial charge in [0.15, 0.2) is 0 Å². The predicted molar refractivity (Wildman–Crippen MR) is 107 cm³/mol. The molecule has 1 aliphatic heterocycles. The van der Waals surface area contributed by atoms with Crippen LogP contribution in [0.3, 0.4) is 0 Å². The average molecular weight is 382 g/mol. The molecular formula is C20H23N5OS. The summed E-state index contributed by atoms with van der Waals surface area (Å²) >= 11 is 1.85. The molecule has 5 rings (SSSR count). The van der Waals surface area contributed by atoms with Gasteiger partial charge in [-0.25, -0.2) is 9.97 Å². The summed E-state index contributed by atoms with van der Waals surface area (Å²) in [5.74, 6) is 1.89. The maximum Gasteiger partial charge on any atom is 0.146 e. The van der Waals surface area contributed by atoms with Gasteiger partial charge in [0, 0.05) is 36.9 Å². The summed E-state index contributed by atoms with van der Waals surface area (Å²) in [7, 11) is 0. The maximum atomic E-state index is 5.46. The Morgan fingerprint density at radius 3 is 2.81 bits per heavy atom. The van der Waals surface area contributed by atoms with E-state index < -0.39 is 0 Å². The zero-order valence-electron chi connectivity index (χ0n) is 15.3. The van der Waals surface area contributed by atoms with Crippen molar-refractivity contribution in [1.29, 1.82) is 0 Å². The van der Waals surface area contributed by atoms with Gasteiger partial charge < -0.3 is 10.1 Å². The third-order valence-electron chi connectivity index (χ3n) is 5.29. The van der Waals surface area contributed by atoms with E-state index in [0.29, 0.717) is 0 Å². The first-order chi connectivity index (χ1) is 13.4. The predicted octanol–water partition coefficient (Wildman–Crippen LogP) is 3.02. The number of aromatic nitrogens is 3. The van der Waals surface area contributed by atoms with Crippen molar-refractivity contribution in [2.75, 3.05) is 31.6 Å². The summed E-state index contributed by atoms with van der Waals surface area (Å²) in [5.41, 5.74) is 2.67. The highest BCUT2D eigenvalue weighted by Gasteiger charge is 2.23. The number of ether oxygens (including phenoxy) is 1. The molecule has 7 heteroatoms. The minimum Gasteiger partial charge on any atom is -0.379 e. The Morgan fingerprint density at radius 1 is 1.11 bits per heavy atom. The molecule has 0 unspecified atom stereocenters. The van der Waals surface area contributed by atoms with E-state index in [0.717, 1.165) is 62.3 Å². The molecule has 3 aromatic rings. The normalized spacial score (nSPS) is 17.3. The molecule has 0 amide bonds. The average Bonchev–Trinajstić information content (AvgIpc) is 3.28. The van der Waals surface area contributed by atoms with Crippen LogP contribution in [0.25, 0.3) is 10.2 Å². The second-order valence-corrected chi connectivity index (χ2v) is 8.21. The largest absolute Gasteiger partial charge is 0.379 e. The van der Waals surface area contributed by atoms with E-state index in [1.807, 2.05) is 35.9 Å². The molecule has 0 saturated carbocycles. The smallest absolute Gasteiger partial charge is 0.146 e. The lowest BCUT2D eigenvalue weighted by molar-refractivity contribution is 0.0331. The number of aryl methyl sites for hydroxylation is 2. The van der Waals surface area contributed by atoms with Gasteiger partial charge >= 0.3 is 0 Å². The summed E-state index contributed by atoms with van der Waals surface area (Å²) < 4.78 is 5.46. The highest BCUT2D eigenvalue weighted by Crippen LogP contribution is 2.39. The number of thiophene rings is 1. The van der Waals surface area contributed by atoms with Crippen molar-refractivity contribution < 1.29 is 4.74 Å². The van der Waals surface area contributed by atoms with Crippen molar-refractivity contribution in [2.45, 2.75) is 32.4 Å². The van der Waals surface area contributed by atoms with Crippen molar-refractivity contribution in [3.05, 3.63) is 46.4 Å². The van der Waals surface area contributed by atoms with E-state index in [-0.39, 0.29) is 0 Å². The van der Waals surface area contributed by atoms with Gasteiger partial charge in [0.1, 0.15) is 16.5 Å². The summed E-state index contributed by atoms with van der Waals surface area (Å²) in [5, 5.41) is 4.82. The van der Waals surface area contributed by atoms with E-state index in [1.54, 1.807) is 0 Å². The van der Waals surface area contributed by atoms with Crippen LogP contribution in [0.1, 0.15) is 28.2 Å². The number of nitrogens with one attached hydrogen (secondary N) is 1. The van der Waals surface area contributed by atoms with Gasteiger partial charge in [-0.05, 0) is 42.5 Å². The quantitative estimate of drug-likeness (QED) is 0.733. The molecule has 140 valence electrons. The minimum atomic E-state index is 0.746. The van der Waals surface area contributed by atoms with E-state index in [1.165, 1.54) is 34.2 Å². The number of fused-ring (bicyclic) bond motifs is 3. The molecular weight excluding hydrogens is 358 g/mol. The lowest BCUT2D eigenvalue weighted by Gasteiger charge is -2.25. The van der Waals surface area contributed by atoms with Crippen LogP contribution >= 0.6 is 11.3 Å². The molecule has 0 atom stereocenters. The molecule has 0 bridgehead atoms. The fourth-order valence-electron chi connectivity index (χ4n) is 3.88. The van der Waals surface area contributed by atoms with Crippen LogP contribution in [-0.2, 0) is 30.7 Å².